The minimum absolute atomic E-state index is 0.256. The second kappa shape index (κ2) is 7.10. The van der Waals surface area contributed by atoms with Gasteiger partial charge in [0.1, 0.15) is 5.82 Å². The van der Waals surface area contributed by atoms with E-state index in [4.69, 9.17) is 15.2 Å². The van der Waals surface area contributed by atoms with Crippen LogP contribution in [0.3, 0.4) is 0 Å². The average molecular weight is 346 g/mol. The minimum atomic E-state index is -0.339. The first-order chi connectivity index (χ1) is 12.0. The van der Waals surface area contributed by atoms with Crippen molar-refractivity contribution in [2.24, 2.45) is 5.73 Å². The van der Waals surface area contributed by atoms with Crippen LogP contribution in [0, 0.1) is 0 Å². The number of aromatic nitrogens is 2. The van der Waals surface area contributed by atoms with Gasteiger partial charge in [0.05, 0.1) is 37.7 Å². The maximum atomic E-state index is 12.4. The molecule has 0 saturated carbocycles. The molecule has 1 fully saturated rings. The normalized spacial score (nSPS) is 18.2. The van der Waals surface area contributed by atoms with E-state index in [0.29, 0.717) is 34.8 Å². The van der Waals surface area contributed by atoms with E-state index in [1.165, 1.54) is 14.2 Å². The molecule has 1 aliphatic rings. The van der Waals surface area contributed by atoms with Gasteiger partial charge >= 0.3 is 0 Å². The van der Waals surface area contributed by atoms with Gasteiger partial charge in [-0.25, -0.2) is 4.98 Å². The highest BCUT2D eigenvalue weighted by molar-refractivity contribution is 5.82. The molecule has 1 saturated heterocycles. The summed E-state index contributed by atoms with van der Waals surface area (Å²) >= 11 is 0. The Morgan fingerprint density at radius 3 is 2.72 bits per heavy atom. The zero-order valence-corrected chi connectivity index (χ0v) is 14.4. The van der Waals surface area contributed by atoms with Crippen molar-refractivity contribution in [3.8, 4) is 11.5 Å². The third-order valence-corrected chi connectivity index (χ3v) is 4.55. The summed E-state index contributed by atoms with van der Waals surface area (Å²) in [6, 6.07) is 2.96. The number of carbonyl (C=O) groups is 1. The molecule has 1 aromatic heterocycles. The topological polar surface area (TPSA) is 111 Å². The third-order valence-electron chi connectivity index (χ3n) is 4.55. The fourth-order valence-corrected chi connectivity index (χ4v) is 3.28. The Labute approximate surface area is 144 Å². The monoisotopic (exact) mass is 346 g/mol. The number of piperidine rings is 1. The molecule has 1 amide bonds. The molecule has 1 aliphatic heterocycles. The SMILES string of the molecule is COc1cc2nc(CN3CCCC[C@H]3C(N)=O)[nH]c(=O)c2cc1OC. The number of H-pyrrole nitrogens is 1. The number of benzene rings is 1. The lowest BCUT2D eigenvalue weighted by atomic mass is 10.0. The van der Waals surface area contributed by atoms with Crippen LogP contribution in [0.4, 0.5) is 0 Å². The first kappa shape index (κ1) is 17.2. The molecule has 0 unspecified atom stereocenters. The van der Waals surface area contributed by atoms with Crippen molar-refractivity contribution < 1.29 is 14.3 Å². The average Bonchev–Trinajstić information content (AvgIpc) is 2.61. The predicted octanol–water partition coefficient (Wildman–Crippen LogP) is 0.780. The van der Waals surface area contributed by atoms with Gasteiger partial charge in [-0.2, -0.15) is 0 Å². The van der Waals surface area contributed by atoms with Crippen LogP contribution in [0.15, 0.2) is 16.9 Å². The fraction of sp³-hybridized carbons (Fsp3) is 0.471. The molecule has 2 heterocycles. The standard InChI is InChI=1S/C17H22N4O4/c1-24-13-7-10-11(8-14(13)25-2)19-15(20-17(10)23)9-21-6-4-3-5-12(21)16(18)22/h7-8,12H,3-6,9H2,1-2H3,(H2,18,22)(H,19,20,23)/t12-/m0/s1. The molecular formula is C17H22N4O4. The molecule has 8 heteroatoms. The number of aromatic amines is 1. The number of nitrogens with two attached hydrogens (primary N) is 1. The summed E-state index contributed by atoms with van der Waals surface area (Å²) < 4.78 is 10.5. The highest BCUT2D eigenvalue weighted by Crippen LogP contribution is 2.30. The van der Waals surface area contributed by atoms with E-state index in [2.05, 4.69) is 9.97 Å². The number of rotatable bonds is 5. The Kier molecular flexibility index (Phi) is 4.89. The molecule has 8 nitrogen and oxygen atoms in total. The summed E-state index contributed by atoms with van der Waals surface area (Å²) in [6.45, 7) is 1.12. The number of ether oxygens (including phenoxy) is 2. The molecule has 0 spiro atoms. The molecule has 2 aromatic rings. The molecule has 3 N–H and O–H groups in total. The largest absolute Gasteiger partial charge is 0.493 e. The Morgan fingerprint density at radius 2 is 2.04 bits per heavy atom. The summed E-state index contributed by atoms with van der Waals surface area (Å²) in [5.74, 6) is 1.14. The molecule has 1 aromatic carbocycles. The Hall–Kier alpha value is -2.61. The number of fused-ring (bicyclic) bond motifs is 1. The van der Waals surface area contributed by atoms with Crippen molar-refractivity contribution >= 4 is 16.8 Å². The van der Waals surface area contributed by atoms with Crippen LogP contribution in [0.1, 0.15) is 25.1 Å². The van der Waals surface area contributed by atoms with Gasteiger partial charge in [0.2, 0.25) is 5.91 Å². The van der Waals surface area contributed by atoms with Crippen LogP contribution in [-0.4, -0.2) is 47.6 Å². The van der Waals surface area contributed by atoms with Crippen LogP contribution in [0.25, 0.3) is 10.9 Å². The van der Waals surface area contributed by atoms with Gasteiger partial charge < -0.3 is 20.2 Å². The van der Waals surface area contributed by atoms with Crippen LogP contribution in [-0.2, 0) is 11.3 Å². The van der Waals surface area contributed by atoms with Crippen molar-refractivity contribution in [2.45, 2.75) is 31.8 Å². The quantitative estimate of drug-likeness (QED) is 0.828. The Balaban J connectivity index is 1.97. The number of methoxy groups -OCH3 is 2. The molecule has 25 heavy (non-hydrogen) atoms. The van der Waals surface area contributed by atoms with Crippen molar-refractivity contribution in [3.63, 3.8) is 0 Å². The Bertz CT molecular complexity index is 848. The zero-order chi connectivity index (χ0) is 18.0. The first-order valence-electron chi connectivity index (χ1n) is 8.21. The van der Waals surface area contributed by atoms with Crippen molar-refractivity contribution in [2.75, 3.05) is 20.8 Å². The van der Waals surface area contributed by atoms with E-state index in [0.717, 1.165) is 25.8 Å². The highest BCUT2D eigenvalue weighted by Gasteiger charge is 2.27. The molecule has 134 valence electrons. The molecule has 0 aliphatic carbocycles. The van der Waals surface area contributed by atoms with Crippen LogP contribution in [0.2, 0.25) is 0 Å². The third kappa shape index (κ3) is 3.43. The minimum Gasteiger partial charge on any atom is -0.493 e. The van der Waals surface area contributed by atoms with Crippen molar-refractivity contribution in [3.05, 3.63) is 28.3 Å². The van der Waals surface area contributed by atoms with E-state index in [1.54, 1.807) is 12.1 Å². The number of hydrogen-bond donors (Lipinski definition) is 2. The first-order valence-corrected chi connectivity index (χ1v) is 8.21. The molecule has 3 rings (SSSR count). The van der Waals surface area contributed by atoms with Gasteiger partial charge in [-0.1, -0.05) is 6.42 Å². The molecular weight excluding hydrogens is 324 g/mol. The van der Waals surface area contributed by atoms with Gasteiger partial charge in [0.15, 0.2) is 11.5 Å². The maximum absolute atomic E-state index is 12.4. The van der Waals surface area contributed by atoms with Gasteiger partial charge in [-0.05, 0) is 25.5 Å². The van der Waals surface area contributed by atoms with Gasteiger partial charge in [-0.3, -0.25) is 14.5 Å². The number of nitrogens with zero attached hydrogens (tertiary/aromatic N) is 2. The van der Waals surface area contributed by atoms with Crippen molar-refractivity contribution in [1.29, 1.82) is 0 Å². The molecule has 1 atom stereocenters. The molecule has 0 bridgehead atoms. The second-order valence-corrected chi connectivity index (χ2v) is 6.12. The fourth-order valence-electron chi connectivity index (χ4n) is 3.28. The summed E-state index contributed by atoms with van der Waals surface area (Å²) in [6.07, 6.45) is 2.70. The zero-order valence-electron chi connectivity index (χ0n) is 14.4. The predicted molar refractivity (Wildman–Crippen MR) is 92.7 cm³/mol. The van der Waals surface area contributed by atoms with E-state index >= 15 is 0 Å². The second-order valence-electron chi connectivity index (χ2n) is 6.12. The number of amides is 1. The van der Waals surface area contributed by atoms with Crippen LogP contribution >= 0.6 is 0 Å². The van der Waals surface area contributed by atoms with Gasteiger partial charge in [-0.15, -0.1) is 0 Å². The summed E-state index contributed by atoms with van der Waals surface area (Å²) in [4.78, 5) is 33.3. The van der Waals surface area contributed by atoms with E-state index < -0.39 is 0 Å². The van der Waals surface area contributed by atoms with E-state index in [1.807, 2.05) is 4.90 Å². The van der Waals surface area contributed by atoms with Crippen LogP contribution in [0.5, 0.6) is 11.5 Å². The lowest BCUT2D eigenvalue weighted by molar-refractivity contribution is -0.124. The lowest BCUT2D eigenvalue weighted by Gasteiger charge is -2.33. The lowest BCUT2D eigenvalue weighted by Crippen LogP contribution is -2.47. The van der Waals surface area contributed by atoms with Crippen LogP contribution < -0.4 is 20.8 Å². The number of carbonyl (C=O) groups excluding carboxylic acids is 1. The summed E-state index contributed by atoms with van der Waals surface area (Å²) in [7, 11) is 3.04. The number of primary amides is 1. The number of nitrogens with one attached hydrogen (secondary N) is 1. The van der Waals surface area contributed by atoms with Gasteiger partial charge in [0, 0.05) is 6.07 Å². The summed E-state index contributed by atoms with van der Waals surface area (Å²) in [5.41, 5.74) is 5.76. The molecule has 0 radical (unpaired) electrons. The maximum Gasteiger partial charge on any atom is 0.258 e. The van der Waals surface area contributed by atoms with E-state index in [9.17, 15) is 9.59 Å². The highest BCUT2D eigenvalue weighted by atomic mass is 16.5. The van der Waals surface area contributed by atoms with E-state index in [-0.39, 0.29) is 17.5 Å². The number of likely N-dealkylation sites (tertiary alicyclic amines) is 1. The van der Waals surface area contributed by atoms with Crippen molar-refractivity contribution in [1.82, 2.24) is 14.9 Å². The smallest absolute Gasteiger partial charge is 0.258 e. The van der Waals surface area contributed by atoms with Gasteiger partial charge in [0.25, 0.3) is 5.56 Å². The number of hydrogen-bond acceptors (Lipinski definition) is 6. The summed E-state index contributed by atoms with van der Waals surface area (Å²) in [5, 5.41) is 0.423. The Morgan fingerprint density at radius 1 is 1.32 bits per heavy atom.